The summed E-state index contributed by atoms with van der Waals surface area (Å²) in [7, 11) is -3.81. The first-order valence-electron chi connectivity index (χ1n) is 8.84. The number of amides is 2. The van der Waals surface area contributed by atoms with E-state index >= 15 is 0 Å². The van der Waals surface area contributed by atoms with E-state index in [9.17, 15) is 18.0 Å². The van der Waals surface area contributed by atoms with Gasteiger partial charge in [-0.15, -0.1) is 0 Å². The van der Waals surface area contributed by atoms with Crippen molar-refractivity contribution < 1.29 is 18.0 Å². The highest BCUT2D eigenvalue weighted by Crippen LogP contribution is 2.41. The number of hydrogen-bond acceptors (Lipinski definition) is 4. The Morgan fingerprint density at radius 1 is 0.852 bits per heavy atom. The fraction of sp³-hybridized carbons (Fsp3) is 0.300. The van der Waals surface area contributed by atoms with E-state index in [4.69, 9.17) is 0 Å². The Labute approximate surface area is 158 Å². The van der Waals surface area contributed by atoms with Crippen LogP contribution >= 0.6 is 0 Å². The van der Waals surface area contributed by atoms with E-state index in [0.717, 1.165) is 0 Å². The Kier molecular flexibility index (Phi) is 5.32. The average molecular weight is 386 g/mol. The van der Waals surface area contributed by atoms with Gasteiger partial charge in [-0.1, -0.05) is 31.0 Å². The monoisotopic (exact) mass is 386 g/mol. The molecule has 0 spiro atoms. The van der Waals surface area contributed by atoms with Crippen LogP contribution in [0.25, 0.3) is 0 Å². The number of anilines is 2. The molecular weight excluding hydrogens is 364 g/mol. The number of carbonyl (C=O) groups excluding carboxylic acids is 2. The second-order valence-electron chi connectivity index (χ2n) is 6.73. The van der Waals surface area contributed by atoms with Crippen molar-refractivity contribution in [2.24, 2.45) is 0 Å². The third-order valence-corrected chi connectivity index (χ3v) is 7.37. The first kappa shape index (κ1) is 19.1. The van der Waals surface area contributed by atoms with Crippen LogP contribution in [0, 0.1) is 0 Å². The lowest BCUT2D eigenvalue weighted by Gasteiger charge is -2.27. The molecule has 2 aromatic carbocycles. The molecule has 0 aliphatic heterocycles. The molecule has 0 heterocycles. The van der Waals surface area contributed by atoms with Gasteiger partial charge in [-0.3, -0.25) is 9.59 Å². The lowest BCUT2D eigenvalue weighted by atomic mass is 10.1. The van der Waals surface area contributed by atoms with Gasteiger partial charge in [0.15, 0.2) is 14.6 Å². The lowest BCUT2D eigenvalue weighted by molar-refractivity contribution is -0.118. The van der Waals surface area contributed by atoms with E-state index < -0.39 is 20.5 Å². The van der Waals surface area contributed by atoms with Gasteiger partial charge in [0, 0.05) is 18.3 Å². The molecule has 27 heavy (non-hydrogen) atoms. The third kappa shape index (κ3) is 3.73. The quantitative estimate of drug-likeness (QED) is 0.824. The van der Waals surface area contributed by atoms with Gasteiger partial charge in [0.05, 0.1) is 4.90 Å². The topological polar surface area (TPSA) is 92.3 Å². The Morgan fingerprint density at radius 2 is 1.37 bits per heavy atom. The van der Waals surface area contributed by atoms with Crippen molar-refractivity contribution in [3.05, 3.63) is 54.6 Å². The van der Waals surface area contributed by atoms with Crippen molar-refractivity contribution in [1.82, 2.24) is 0 Å². The molecule has 0 unspecified atom stereocenters. The van der Waals surface area contributed by atoms with Crippen LogP contribution in [0.5, 0.6) is 0 Å². The van der Waals surface area contributed by atoms with E-state index in [1.54, 1.807) is 42.5 Å². The van der Waals surface area contributed by atoms with Gasteiger partial charge in [0.2, 0.25) is 11.8 Å². The summed E-state index contributed by atoms with van der Waals surface area (Å²) >= 11 is 0. The summed E-state index contributed by atoms with van der Waals surface area (Å²) in [6.07, 6.45) is 2.00. The summed E-state index contributed by atoms with van der Waals surface area (Å²) in [6.45, 7) is 1.41. The molecule has 1 saturated carbocycles. The Balaban J connectivity index is 1.87. The second kappa shape index (κ2) is 7.52. The van der Waals surface area contributed by atoms with Gasteiger partial charge in [0.25, 0.3) is 0 Å². The predicted octanol–water partition coefficient (Wildman–Crippen LogP) is 3.37. The van der Waals surface area contributed by atoms with Gasteiger partial charge >= 0.3 is 0 Å². The number of benzene rings is 2. The summed E-state index contributed by atoms with van der Waals surface area (Å²) in [6, 6.07) is 14.7. The van der Waals surface area contributed by atoms with E-state index in [1.807, 2.05) is 0 Å². The fourth-order valence-corrected chi connectivity index (χ4v) is 5.56. The van der Waals surface area contributed by atoms with E-state index in [2.05, 4.69) is 10.6 Å². The third-order valence-electron chi connectivity index (χ3n) is 4.86. The van der Waals surface area contributed by atoms with Crippen LogP contribution in [0.1, 0.15) is 32.6 Å². The molecule has 0 aromatic heterocycles. The summed E-state index contributed by atoms with van der Waals surface area (Å²) in [5, 5.41) is 5.40. The first-order valence-corrected chi connectivity index (χ1v) is 10.3. The average Bonchev–Trinajstić information content (AvgIpc) is 3.15. The largest absolute Gasteiger partial charge is 0.326 e. The minimum Gasteiger partial charge on any atom is -0.326 e. The maximum absolute atomic E-state index is 13.3. The zero-order chi connectivity index (χ0) is 19.5. The zero-order valence-electron chi connectivity index (χ0n) is 15.1. The van der Waals surface area contributed by atoms with E-state index in [-0.39, 0.29) is 10.8 Å². The number of hydrogen-bond donors (Lipinski definition) is 2. The molecule has 0 atom stereocenters. The Hall–Kier alpha value is -2.67. The Bertz CT molecular complexity index is 932. The fourth-order valence-electron chi connectivity index (χ4n) is 3.47. The Morgan fingerprint density at radius 3 is 1.89 bits per heavy atom. The smallest absolute Gasteiger partial charge is 0.246 e. The molecule has 0 saturated heterocycles. The predicted molar refractivity (Wildman–Crippen MR) is 104 cm³/mol. The van der Waals surface area contributed by atoms with Gasteiger partial charge in [-0.2, -0.15) is 0 Å². The van der Waals surface area contributed by atoms with Crippen LogP contribution < -0.4 is 10.6 Å². The lowest BCUT2D eigenvalue weighted by Crippen LogP contribution is -2.47. The molecule has 142 valence electrons. The number of nitrogens with one attached hydrogen (secondary N) is 2. The number of rotatable bonds is 5. The zero-order valence-corrected chi connectivity index (χ0v) is 15.9. The van der Waals surface area contributed by atoms with Crippen molar-refractivity contribution in [1.29, 1.82) is 0 Å². The van der Waals surface area contributed by atoms with E-state index in [1.165, 1.54) is 19.1 Å². The molecule has 2 aromatic rings. The first-order chi connectivity index (χ1) is 12.8. The van der Waals surface area contributed by atoms with Crippen LogP contribution in [-0.2, 0) is 19.4 Å². The standard InChI is InChI=1S/C20H22N2O4S/c1-15(23)21-16-9-11-17(12-10-16)22-19(24)20(13-5-6-14-20)27(25,26)18-7-3-2-4-8-18/h2-4,7-12H,5-6,13-14H2,1H3,(H,21,23)(H,22,24). The number of carbonyl (C=O) groups is 2. The number of sulfone groups is 1. The van der Waals surface area contributed by atoms with Gasteiger partial charge < -0.3 is 10.6 Å². The molecule has 7 heteroatoms. The van der Waals surface area contributed by atoms with E-state index in [0.29, 0.717) is 37.1 Å². The molecule has 3 rings (SSSR count). The summed E-state index contributed by atoms with van der Waals surface area (Å²) in [5.41, 5.74) is 1.09. The molecular formula is C20H22N2O4S. The van der Waals surface area contributed by atoms with Crippen molar-refractivity contribution in [2.45, 2.75) is 42.2 Å². The maximum Gasteiger partial charge on any atom is 0.246 e. The molecule has 6 nitrogen and oxygen atoms in total. The highest BCUT2D eigenvalue weighted by atomic mass is 32.2. The molecule has 0 bridgehead atoms. The minimum atomic E-state index is -3.81. The highest BCUT2D eigenvalue weighted by molar-refractivity contribution is 7.93. The van der Waals surface area contributed by atoms with Gasteiger partial charge in [-0.25, -0.2) is 8.42 Å². The van der Waals surface area contributed by atoms with Crippen molar-refractivity contribution in [3.8, 4) is 0 Å². The van der Waals surface area contributed by atoms with Crippen LogP contribution in [0.4, 0.5) is 11.4 Å². The molecule has 1 aliphatic rings. The van der Waals surface area contributed by atoms with Gasteiger partial charge in [0.1, 0.15) is 0 Å². The SMILES string of the molecule is CC(=O)Nc1ccc(NC(=O)C2(S(=O)(=O)c3ccccc3)CCCC2)cc1. The molecule has 1 aliphatic carbocycles. The summed E-state index contributed by atoms with van der Waals surface area (Å²) in [5.74, 6) is -0.693. The molecule has 2 N–H and O–H groups in total. The summed E-state index contributed by atoms with van der Waals surface area (Å²) in [4.78, 5) is 24.3. The normalized spacial score (nSPS) is 15.9. The summed E-state index contributed by atoms with van der Waals surface area (Å²) < 4.78 is 25.1. The molecule has 1 fully saturated rings. The van der Waals surface area contributed by atoms with Crippen LogP contribution in [0.15, 0.2) is 59.5 Å². The van der Waals surface area contributed by atoms with Crippen LogP contribution in [0.3, 0.4) is 0 Å². The highest BCUT2D eigenvalue weighted by Gasteiger charge is 2.52. The van der Waals surface area contributed by atoms with Crippen LogP contribution in [-0.4, -0.2) is 25.0 Å². The molecule has 0 radical (unpaired) electrons. The van der Waals surface area contributed by atoms with Gasteiger partial charge in [-0.05, 0) is 49.2 Å². The second-order valence-corrected chi connectivity index (χ2v) is 8.99. The van der Waals surface area contributed by atoms with Crippen LogP contribution in [0.2, 0.25) is 0 Å². The molecule has 2 amide bonds. The van der Waals surface area contributed by atoms with Crippen molar-refractivity contribution in [2.75, 3.05) is 10.6 Å². The van der Waals surface area contributed by atoms with Crippen molar-refractivity contribution >= 4 is 33.0 Å². The maximum atomic E-state index is 13.3. The van der Waals surface area contributed by atoms with Crippen molar-refractivity contribution in [3.63, 3.8) is 0 Å². The minimum absolute atomic E-state index is 0.169.